The summed E-state index contributed by atoms with van der Waals surface area (Å²) in [6.07, 6.45) is 4.81. The van der Waals surface area contributed by atoms with E-state index in [0.717, 1.165) is 58.1 Å². The molecule has 2 saturated heterocycles. The Morgan fingerprint density at radius 3 is 2.61 bits per heavy atom. The molecule has 1 aromatic carbocycles. The molecular formula is C20H29ClN4O3. The second kappa shape index (κ2) is 9.58. The summed E-state index contributed by atoms with van der Waals surface area (Å²) >= 11 is 6.07. The van der Waals surface area contributed by atoms with Crippen molar-refractivity contribution in [2.24, 2.45) is 5.92 Å². The number of benzene rings is 1. The van der Waals surface area contributed by atoms with Crippen molar-refractivity contribution in [3.8, 4) is 5.75 Å². The van der Waals surface area contributed by atoms with Crippen LogP contribution in [0, 0.1) is 5.92 Å². The zero-order valence-corrected chi connectivity index (χ0v) is 17.0. The Balaban J connectivity index is 1.57. The van der Waals surface area contributed by atoms with Crippen LogP contribution in [0.4, 0.5) is 5.69 Å². The number of ether oxygens (including phenoxy) is 1. The number of carbonyl (C=O) groups excluding carboxylic acids is 2. The van der Waals surface area contributed by atoms with Crippen LogP contribution in [0.5, 0.6) is 5.75 Å². The summed E-state index contributed by atoms with van der Waals surface area (Å²) in [6, 6.07) is 3.15. The second-order valence-corrected chi connectivity index (χ2v) is 7.98. The van der Waals surface area contributed by atoms with E-state index in [4.69, 9.17) is 22.1 Å². The third-order valence-corrected chi connectivity index (χ3v) is 6.18. The number of nitrogen functional groups attached to an aromatic ring is 1. The summed E-state index contributed by atoms with van der Waals surface area (Å²) in [5.74, 6) is 0.609. The first-order valence-corrected chi connectivity index (χ1v) is 10.2. The predicted molar refractivity (Wildman–Crippen MR) is 110 cm³/mol. The Morgan fingerprint density at radius 2 is 2.00 bits per heavy atom. The van der Waals surface area contributed by atoms with Crippen molar-refractivity contribution >= 4 is 29.5 Å². The number of nitrogens with zero attached hydrogens (tertiary/aromatic N) is 1. The SMILES string of the molecule is COc1cc(N)c(Cl)cc1C(=O)NC1CCN(C(C=O)C2CCNCC2)CC1. The first kappa shape index (κ1) is 20.9. The third-order valence-electron chi connectivity index (χ3n) is 5.86. The van der Waals surface area contributed by atoms with Gasteiger partial charge >= 0.3 is 0 Å². The number of hydrogen-bond acceptors (Lipinski definition) is 6. The van der Waals surface area contributed by atoms with Gasteiger partial charge in [-0.3, -0.25) is 9.69 Å². The summed E-state index contributed by atoms with van der Waals surface area (Å²) in [7, 11) is 1.50. The molecule has 7 nitrogen and oxygen atoms in total. The quantitative estimate of drug-likeness (QED) is 0.489. The zero-order chi connectivity index (χ0) is 20.1. The Hall–Kier alpha value is -1.83. The first-order chi connectivity index (χ1) is 13.5. The highest BCUT2D eigenvalue weighted by Gasteiger charge is 2.32. The molecule has 0 aromatic heterocycles. The minimum atomic E-state index is -0.220. The molecule has 0 radical (unpaired) electrons. The van der Waals surface area contributed by atoms with Crippen LogP contribution in [0.25, 0.3) is 0 Å². The molecule has 0 spiro atoms. The zero-order valence-electron chi connectivity index (χ0n) is 16.2. The number of amides is 1. The molecule has 2 aliphatic rings. The van der Waals surface area contributed by atoms with Crippen molar-refractivity contribution < 1.29 is 14.3 Å². The smallest absolute Gasteiger partial charge is 0.255 e. The van der Waals surface area contributed by atoms with Crippen LogP contribution in [-0.4, -0.2) is 62.5 Å². The van der Waals surface area contributed by atoms with Crippen LogP contribution in [0.15, 0.2) is 12.1 Å². The lowest BCUT2D eigenvalue weighted by molar-refractivity contribution is -0.115. The summed E-state index contributed by atoms with van der Waals surface area (Å²) in [5.41, 5.74) is 6.54. The van der Waals surface area contributed by atoms with Crippen LogP contribution in [0.3, 0.4) is 0 Å². The number of nitrogens with two attached hydrogens (primary N) is 1. The molecule has 1 amide bonds. The minimum absolute atomic E-state index is 0.0187. The molecule has 0 aliphatic carbocycles. The van der Waals surface area contributed by atoms with Crippen LogP contribution in [0.1, 0.15) is 36.0 Å². The molecule has 8 heteroatoms. The van der Waals surface area contributed by atoms with Gasteiger partial charge < -0.3 is 25.9 Å². The fourth-order valence-electron chi connectivity index (χ4n) is 4.20. The van der Waals surface area contributed by atoms with Crippen LogP contribution < -0.4 is 21.1 Å². The van der Waals surface area contributed by atoms with Crippen molar-refractivity contribution in [1.82, 2.24) is 15.5 Å². The molecule has 1 aromatic rings. The molecule has 2 aliphatic heterocycles. The van der Waals surface area contributed by atoms with Gasteiger partial charge in [0.05, 0.1) is 29.4 Å². The topological polar surface area (TPSA) is 96.7 Å². The van der Waals surface area contributed by atoms with E-state index in [-0.39, 0.29) is 18.0 Å². The van der Waals surface area contributed by atoms with E-state index in [1.165, 1.54) is 7.11 Å². The Morgan fingerprint density at radius 1 is 1.32 bits per heavy atom. The number of piperidine rings is 2. The van der Waals surface area contributed by atoms with Crippen LogP contribution in [-0.2, 0) is 4.79 Å². The molecule has 2 heterocycles. The lowest BCUT2D eigenvalue weighted by atomic mass is 9.88. The van der Waals surface area contributed by atoms with E-state index in [2.05, 4.69) is 15.5 Å². The molecular weight excluding hydrogens is 380 g/mol. The number of aldehydes is 1. The number of nitrogens with one attached hydrogen (secondary N) is 2. The Kier molecular flexibility index (Phi) is 7.15. The highest BCUT2D eigenvalue weighted by atomic mass is 35.5. The second-order valence-electron chi connectivity index (χ2n) is 7.57. The Labute approximate surface area is 170 Å². The Bertz CT molecular complexity index is 701. The first-order valence-electron chi connectivity index (χ1n) is 9.87. The number of anilines is 1. The molecule has 3 rings (SSSR count). The van der Waals surface area contributed by atoms with Crippen molar-refractivity contribution in [3.63, 3.8) is 0 Å². The third kappa shape index (κ3) is 4.77. The van der Waals surface area contributed by atoms with Crippen molar-refractivity contribution in [3.05, 3.63) is 22.7 Å². The number of halogens is 1. The van der Waals surface area contributed by atoms with Crippen molar-refractivity contribution in [2.45, 2.75) is 37.8 Å². The van der Waals surface area contributed by atoms with Crippen molar-refractivity contribution in [1.29, 1.82) is 0 Å². The molecule has 28 heavy (non-hydrogen) atoms. The molecule has 154 valence electrons. The fourth-order valence-corrected chi connectivity index (χ4v) is 4.37. The number of carbonyl (C=O) groups is 2. The average molecular weight is 409 g/mol. The fraction of sp³-hybridized carbons (Fsp3) is 0.600. The van der Waals surface area contributed by atoms with Gasteiger partial charge in [0.2, 0.25) is 0 Å². The van der Waals surface area contributed by atoms with Gasteiger partial charge in [0.1, 0.15) is 12.0 Å². The van der Waals surface area contributed by atoms with Gasteiger partial charge in [-0.05, 0) is 50.8 Å². The van der Waals surface area contributed by atoms with Gasteiger partial charge in [-0.1, -0.05) is 11.6 Å². The van der Waals surface area contributed by atoms with E-state index in [1.54, 1.807) is 12.1 Å². The summed E-state index contributed by atoms with van der Waals surface area (Å²) in [6.45, 7) is 3.57. The van der Waals surface area contributed by atoms with E-state index in [1.807, 2.05) is 0 Å². The maximum absolute atomic E-state index is 12.7. The summed E-state index contributed by atoms with van der Waals surface area (Å²) in [5, 5.41) is 6.75. The highest BCUT2D eigenvalue weighted by Crippen LogP contribution is 2.29. The summed E-state index contributed by atoms with van der Waals surface area (Å²) in [4.78, 5) is 26.7. The van der Waals surface area contributed by atoms with Gasteiger partial charge in [0.15, 0.2) is 0 Å². The largest absolute Gasteiger partial charge is 0.496 e. The number of rotatable bonds is 6. The van der Waals surface area contributed by atoms with Crippen molar-refractivity contribution in [2.75, 3.05) is 39.0 Å². The van der Waals surface area contributed by atoms with E-state index >= 15 is 0 Å². The number of methoxy groups -OCH3 is 1. The monoisotopic (exact) mass is 408 g/mol. The van der Waals surface area contributed by atoms with Gasteiger partial charge in [-0.25, -0.2) is 0 Å². The summed E-state index contributed by atoms with van der Waals surface area (Å²) < 4.78 is 5.27. The molecule has 4 N–H and O–H groups in total. The predicted octanol–water partition coefficient (Wildman–Crippen LogP) is 1.69. The number of likely N-dealkylation sites (tertiary alicyclic amines) is 1. The maximum Gasteiger partial charge on any atom is 0.255 e. The van der Waals surface area contributed by atoms with Gasteiger partial charge in [-0.15, -0.1) is 0 Å². The molecule has 1 atom stereocenters. The van der Waals surface area contributed by atoms with E-state index < -0.39 is 0 Å². The standard InChI is InChI=1S/C20H29ClN4O3/c1-28-19-11-17(22)16(21)10-15(19)20(27)24-14-4-8-25(9-5-14)18(12-26)13-2-6-23-7-3-13/h10-14,18,23H,2-9,22H2,1H3,(H,24,27). The van der Waals surface area contributed by atoms with Crippen LogP contribution >= 0.6 is 11.6 Å². The molecule has 0 bridgehead atoms. The normalized spacial score (nSPS) is 20.5. The molecule has 1 unspecified atom stereocenters. The molecule has 2 fully saturated rings. The average Bonchev–Trinajstić information content (AvgIpc) is 2.72. The van der Waals surface area contributed by atoms with Gasteiger partial charge in [0, 0.05) is 25.2 Å². The molecule has 0 saturated carbocycles. The van der Waals surface area contributed by atoms with Gasteiger partial charge in [-0.2, -0.15) is 0 Å². The van der Waals surface area contributed by atoms with Gasteiger partial charge in [0.25, 0.3) is 5.91 Å². The van der Waals surface area contributed by atoms with E-state index in [0.29, 0.717) is 27.9 Å². The minimum Gasteiger partial charge on any atom is -0.496 e. The number of hydrogen-bond donors (Lipinski definition) is 3. The lowest BCUT2D eigenvalue weighted by Gasteiger charge is -2.40. The van der Waals surface area contributed by atoms with E-state index in [9.17, 15) is 9.59 Å². The highest BCUT2D eigenvalue weighted by molar-refractivity contribution is 6.33. The van der Waals surface area contributed by atoms with Crippen LogP contribution in [0.2, 0.25) is 5.02 Å². The lowest BCUT2D eigenvalue weighted by Crippen LogP contribution is -2.52. The maximum atomic E-state index is 12.7.